The highest BCUT2D eigenvalue weighted by Gasteiger charge is 2.35. The Bertz CT molecular complexity index is 305. The average molecular weight is 221 g/mol. The van der Waals surface area contributed by atoms with Gasteiger partial charge in [-0.3, -0.25) is 4.79 Å². The van der Waals surface area contributed by atoms with Crippen molar-refractivity contribution in [3.8, 4) is 0 Å². The maximum atomic E-state index is 11.7. The van der Waals surface area contributed by atoms with Crippen molar-refractivity contribution in [2.45, 2.75) is 30.3 Å². The molecule has 0 aromatic rings. The second-order valence-electron chi connectivity index (χ2n) is 3.54. The lowest BCUT2D eigenvalue weighted by atomic mass is 10.2. The van der Waals surface area contributed by atoms with Gasteiger partial charge in [0, 0.05) is 6.54 Å². The lowest BCUT2D eigenvalue weighted by Crippen LogP contribution is -2.44. The molecule has 0 amide bonds. The largest absolute Gasteiger partial charge is 0.480 e. The Labute approximate surface area is 83.4 Å². The summed E-state index contributed by atoms with van der Waals surface area (Å²) in [5.41, 5.74) is 0. The molecular weight excluding hydrogens is 206 g/mol. The van der Waals surface area contributed by atoms with Crippen molar-refractivity contribution >= 4 is 15.8 Å². The zero-order chi connectivity index (χ0) is 10.8. The molecule has 1 saturated heterocycles. The van der Waals surface area contributed by atoms with Crippen LogP contribution in [0.1, 0.15) is 19.8 Å². The maximum Gasteiger partial charge on any atom is 0.321 e. The number of hydrogen-bond donors (Lipinski definition) is 2. The number of carbonyl (C=O) groups is 1. The molecule has 0 aliphatic carbocycles. The molecular formula is C8H15NO4S. The molecule has 1 rings (SSSR count). The number of aliphatic carboxylic acids is 1. The van der Waals surface area contributed by atoms with Crippen LogP contribution in [0.4, 0.5) is 0 Å². The van der Waals surface area contributed by atoms with E-state index in [4.69, 9.17) is 5.11 Å². The van der Waals surface area contributed by atoms with Crippen LogP contribution in [0.25, 0.3) is 0 Å². The van der Waals surface area contributed by atoms with E-state index in [2.05, 4.69) is 5.32 Å². The average Bonchev–Trinajstić information content (AvgIpc) is 2.18. The highest BCUT2D eigenvalue weighted by Crippen LogP contribution is 2.16. The van der Waals surface area contributed by atoms with Gasteiger partial charge in [-0.15, -0.1) is 0 Å². The van der Waals surface area contributed by atoms with Gasteiger partial charge in [0.2, 0.25) is 0 Å². The SMILES string of the molecule is CC(C(=O)O)S(=O)(=O)C1CCCNC1. The number of piperidine rings is 1. The van der Waals surface area contributed by atoms with Crippen LogP contribution in [-0.4, -0.2) is 43.1 Å². The second kappa shape index (κ2) is 4.27. The Morgan fingerprint density at radius 3 is 2.64 bits per heavy atom. The van der Waals surface area contributed by atoms with E-state index in [9.17, 15) is 13.2 Å². The second-order valence-corrected chi connectivity index (χ2v) is 6.09. The summed E-state index contributed by atoms with van der Waals surface area (Å²) in [6.07, 6.45) is 1.35. The molecule has 2 atom stereocenters. The van der Waals surface area contributed by atoms with Crippen LogP contribution in [-0.2, 0) is 14.6 Å². The van der Waals surface area contributed by atoms with E-state index in [1.165, 1.54) is 6.92 Å². The Hall–Kier alpha value is -0.620. The molecule has 82 valence electrons. The first-order valence-corrected chi connectivity index (χ1v) is 6.23. The summed E-state index contributed by atoms with van der Waals surface area (Å²) in [5.74, 6) is -1.27. The third-order valence-corrected chi connectivity index (χ3v) is 5.08. The molecule has 6 heteroatoms. The number of nitrogens with one attached hydrogen (secondary N) is 1. The molecule has 0 aromatic carbocycles. The van der Waals surface area contributed by atoms with Crippen molar-refractivity contribution in [3.05, 3.63) is 0 Å². The molecule has 1 aliphatic rings. The van der Waals surface area contributed by atoms with E-state index in [-0.39, 0.29) is 0 Å². The van der Waals surface area contributed by atoms with Crippen molar-refractivity contribution in [2.24, 2.45) is 0 Å². The summed E-state index contributed by atoms with van der Waals surface area (Å²) in [6, 6.07) is 0. The number of rotatable bonds is 3. The Kier molecular flexibility index (Phi) is 3.49. The zero-order valence-corrected chi connectivity index (χ0v) is 8.88. The first-order chi connectivity index (χ1) is 6.46. The minimum atomic E-state index is -3.52. The van der Waals surface area contributed by atoms with Crippen LogP contribution >= 0.6 is 0 Å². The van der Waals surface area contributed by atoms with E-state index < -0.39 is 26.3 Å². The lowest BCUT2D eigenvalue weighted by Gasteiger charge is -2.24. The Balaban J connectivity index is 2.78. The standard InChI is InChI=1S/C8H15NO4S/c1-6(8(10)11)14(12,13)7-3-2-4-9-5-7/h6-7,9H,2-5H2,1H3,(H,10,11). The minimum Gasteiger partial charge on any atom is -0.480 e. The molecule has 1 fully saturated rings. The molecule has 14 heavy (non-hydrogen) atoms. The van der Waals surface area contributed by atoms with Crippen LogP contribution in [0, 0.1) is 0 Å². The normalized spacial score (nSPS) is 25.6. The summed E-state index contributed by atoms with van der Waals surface area (Å²) in [7, 11) is -3.52. The fourth-order valence-electron chi connectivity index (χ4n) is 1.53. The highest BCUT2D eigenvalue weighted by molar-refractivity contribution is 7.93. The van der Waals surface area contributed by atoms with Crippen molar-refractivity contribution in [1.82, 2.24) is 5.32 Å². The first-order valence-electron chi connectivity index (χ1n) is 4.62. The van der Waals surface area contributed by atoms with Crippen LogP contribution in [0.15, 0.2) is 0 Å². The molecule has 0 aromatic heterocycles. The molecule has 2 N–H and O–H groups in total. The van der Waals surface area contributed by atoms with Crippen LogP contribution in [0.2, 0.25) is 0 Å². The van der Waals surface area contributed by atoms with Crippen LogP contribution in [0.5, 0.6) is 0 Å². The third kappa shape index (κ3) is 2.24. The number of carboxylic acid groups (broad SMARTS) is 1. The Morgan fingerprint density at radius 2 is 2.21 bits per heavy atom. The van der Waals surface area contributed by atoms with Gasteiger partial charge in [-0.05, 0) is 26.3 Å². The summed E-state index contributed by atoms with van der Waals surface area (Å²) < 4.78 is 23.4. The van der Waals surface area contributed by atoms with Gasteiger partial charge in [-0.2, -0.15) is 0 Å². The summed E-state index contributed by atoms with van der Waals surface area (Å²) in [4.78, 5) is 10.6. The third-order valence-electron chi connectivity index (χ3n) is 2.56. The van der Waals surface area contributed by atoms with Crippen molar-refractivity contribution < 1.29 is 18.3 Å². The van der Waals surface area contributed by atoms with Crippen molar-refractivity contribution in [1.29, 1.82) is 0 Å². The summed E-state index contributed by atoms with van der Waals surface area (Å²) in [6.45, 7) is 2.42. The van der Waals surface area contributed by atoms with Gasteiger partial charge < -0.3 is 10.4 Å². The number of sulfone groups is 1. The smallest absolute Gasteiger partial charge is 0.321 e. The predicted molar refractivity (Wildman–Crippen MR) is 51.9 cm³/mol. The van der Waals surface area contributed by atoms with Gasteiger partial charge in [0.25, 0.3) is 0 Å². The minimum absolute atomic E-state index is 0.375. The molecule has 1 aliphatic heterocycles. The summed E-state index contributed by atoms with van der Waals surface area (Å²) in [5, 5.41) is 9.77. The van der Waals surface area contributed by atoms with E-state index in [0.717, 1.165) is 13.0 Å². The highest BCUT2D eigenvalue weighted by atomic mass is 32.2. The van der Waals surface area contributed by atoms with Crippen LogP contribution in [0.3, 0.4) is 0 Å². The number of carboxylic acids is 1. The van der Waals surface area contributed by atoms with E-state index in [1.807, 2.05) is 0 Å². The fourth-order valence-corrected chi connectivity index (χ4v) is 3.23. The molecule has 2 unspecified atom stereocenters. The number of hydrogen-bond acceptors (Lipinski definition) is 4. The van der Waals surface area contributed by atoms with Crippen molar-refractivity contribution in [3.63, 3.8) is 0 Å². The molecule has 0 saturated carbocycles. The van der Waals surface area contributed by atoms with Gasteiger partial charge in [0.1, 0.15) is 0 Å². The monoisotopic (exact) mass is 221 g/mol. The topological polar surface area (TPSA) is 83.5 Å². The van der Waals surface area contributed by atoms with Crippen LogP contribution < -0.4 is 5.32 Å². The fraction of sp³-hybridized carbons (Fsp3) is 0.875. The Morgan fingerprint density at radius 1 is 1.57 bits per heavy atom. The van der Waals surface area contributed by atoms with E-state index in [0.29, 0.717) is 13.0 Å². The van der Waals surface area contributed by atoms with Crippen molar-refractivity contribution in [2.75, 3.05) is 13.1 Å². The van der Waals surface area contributed by atoms with Gasteiger partial charge in [-0.25, -0.2) is 8.42 Å². The molecule has 0 radical (unpaired) electrons. The molecule has 0 spiro atoms. The molecule has 5 nitrogen and oxygen atoms in total. The van der Waals surface area contributed by atoms with Gasteiger partial charge in [0.05, 0.1) is 5.25 Å². The zero-order valence-electron chi connectivity index (χ0n) is 8.06. The van der Waals surface area contributed by atoms with Gasteiger partial charge in [-0.1, -0.05) is 0 Å². The maximum absolute atomic E-state index is 11.7. The molecule has 0 bridgehead atoms. The summed E-state index contributed by atoms with van der Waals surface area (Å²) >= 11 is 0. The lowest BCUT2D eigenvalue weighted by molar-refractivity contribution is -0.136. The van der Waals surface area contributed by atoms with Gasteiger partial charge >= 0.3 is 5.97 Å². The van der Waals surface area contributed by atoms with E-state index >= 15 is 0 Å². The van der Waals surface area contributed by atoms with Gasteiger partial charge in [0.15, 0.2) is 15.1 Å². The quantitative estimate of drug-likeness (QED) is 0.679. The molecule has 1 heterocycles. The predicted octanol–water partition coefficient (Wildman–Crippen LogP) is -0.374. The van der Waals surface area contributed by atoms with E-state index in [1.54, 1.807) is 0 Å². The first kappa shape index (κ1) is 11.5.